The predicted molar refractivity (Wildman–Crippen MR) is 77.7 cm³/mol. The fraction of sp³-hybridized carbons (Fsp3) is 0.533. The van der Waals surface area contributed by atoms with Crippen LogP contribution < -0.4 is 5.32 Å². The zero-order valence-electron chi connectivity index (χ0n) is 11.4. The Morgan fingerprint density at radius 3 is 2.79 bits per heavy atom. The smallest absolute Gasteiger partial charge is 0.411 e. The van der Waals surface area contributed by atoms with Crippen LogP contribution in [0.25, 0.3) is 0 Å². The highest BCUT2D eigenvalue weighted by Gasteiger charge is 2.25. The Kier molecular flexibility index (Phi) is 4.70. The zero-order valence-corrected chi connectivity index (χ0v) is 12.2. The summed E-state index contributed by atoms with van der Waals surface area (Å²) >= 11 is 6.07. The first kappa shape index (κ1) is 14.2. The molecule has 0 bridgehead atoms. The molecule has 0 unspecified atom stereocenters. The van der Waals surface area contributed by atoms with Crippen LogP contribution in [0.5, 0.6) is 0 Å². The van der Waals surface area contributed by atoms with Crippen LogP contribution in [0.15, 0.2) is 18.2 Å². The maximum absolute atomic E-state index is 11.9. The first-order valence-corrected chi connectivity index (χ1v) is 7.18. The number of para-hydroxylation sites is 1. The minimum atomic E-state index is -0.407. The number of amides is 1. The fourth-order valence-corrected chi connectivity index (χ4v) is 2.79. The van der Waals surface area contributed by atoms with Crippen LogP contribution >= 0.6 is 11.6 Å². The van der Waals surface area contributed by atoms with Crippen LogP contribution in [-0.4, -0.2) is 12.2 Å². The first-order valence-electron chi connectivity index (χ1n) is 6.80. The molecule has 0 radical (unpaired) electrons. The number of nitrogens with one attached hydrogen (secondary N) is 1. The van der Waals surface area contributed by atoms with Crippen molar-refractivity contribution in [1.82, 2.24) is 0 Å². The molecule has 104 valence electrons. The Balaban J connectivity index is 1.97. The molecule has 1 fully saturated rings. The molecule has 1 saturated carbocycles. The van der Waals surface area contributed by atoms with Crippen molar-refractivity contribution in [3.63, 3.8) is 0 Å². The van der Waals surface area contributed by atoms with Crippen molar-refractivity contribution < 1.29 is 9.53 Å². The Morgan fingerprint density at radius 2 is 2.11 bits per heavy atom. The van der Waals surface area contributed by atoms with Crippen LogP contribution in [0, 0.1) is 12.8 Å². The van der Waals surface area contributed by atoms with Crippen LogP contribution in [-0.2, 0) is 4.74 Å². The lowest BCUT2D eigenvalue weighted by molar-refractivity contribution is 0.0524. The van der Waals surface area contributed by atoms with Crippen molar-refractivity contribution in [2.24, 2.45) is 5.92 Å². The monoisotopic (exact) mass is 281 g/mol. The SMILES string of the molecule is Cc1cccc(Cl)c1NC(=O)O[C@H]1CCCC[C@H]1C. The molecule has 1 aliphatic carbocycles. The lowest BCUT2D eigenvalue weighted by Gasteiger charge is -2.28. The molecule has 2 atom stereocenters. The molecule has 0 spiro atoms. The molecule has 0 saturated heterocycles. The number of carbonyl (C=O) groups excluding carboxylic acids is 1. The highest BCUT2D eigenvalue weighted by Crippen LogP contribution is 2.28. The highest BCUT2D eigenvalue weighted by atomic mass is 35.5. The quantitative estimate of drug-likeness (QED) is 0.847. The Labute approximate surface area is 119 Å². The van der Waals surface area contributed by atoms with E-state index in [2.05, 4.69) is 12.2 Å². The van der Waals surface area contributed by atoms with Gasteiger partial charge in [0.05, 0.1) is 10.7 Å². The second-order valence-corrected chi connectivity index (χ2v) is 5.67. The lowest BCUT2D eigenvalue weighted by Crippen LogP contribution is -2.30. The van der Waals surface area contributed by atoms with Crippen molar-refractivity contribution >= 4 is 23.4 Å². The van der Waals surface area contributed by atoms with Gasteiger partial charge >= 0.3 is 6.09 Å². The molecular formula is C15H20ClNO2. The van der Waals surface area contributed by atoms with Crippen molar-refractivity contribution in [3.05, 3.63) is 28.8 Å². The van der Waals surface area contributed by atoms with Crippen molar-refractivity contribution in [2.45, 2.75) is 45.6 Å². The maximum atomic E-state index is 11.9. The second kappa shape index (κ2) is 6.29. The normalized spacial score (nSPS) is 22.9. The van der Waals surface area contributed by atoms with Gasteiger partial charge in [0.15, 0.2) is 0 Å². The first-order chi connectivity index (χ1) is 9.08. The summed E-state index contributed by atoms with van der Waals surface area (Å²) < 4.78 is 5.51. The number of anilines is 1. The minimum Gasteiger partial charge on any atom is -0.446 e. The molecule has 0 aliphatic heterocycles. The van der Waals surface area contributed by atoms with Crippen LogP contribution in [0.3, 0.4) is 0 Å². The number of carbonyl (C=O) groups is 1. The van der Waals surface area contributed by atoms with E-state index in [1.165, 1.54) is 6.42 Å². The van der Waals surface area contributed by atoms with E-state index < -0.39 is 6.09 Å². The van der Waals surface area contributed by atoms with E-state index in [0.29, 0.717) is 16.6 Å². The molecule has 3 nitrogen and oxygen atoms in total. The molecule has 0 aromatic heterocycles. The average molecular weight is 282 g/mol. The van der Waals surface area contributed by atoms with Gasteiger partial charge in [0.1, 0.15) is 6.10 Å². The second-order valence-electron chi connectivity index (χ2n) is 5.26. The number of halogens is 1. The Hall–Kier alpha value is -1.22. The van der Waals surface area contributed by atoms with Gasteiger partial charge in [-0.15, -0.1) is 0 Å². The van der Waals surface area contributed by atoms with Crippen molar-refractivity contribution in [1.29, 1.82) is 0 Å². The van der Waals surface area contributed by atoms with E-state index in [0.717, 1.165) is 24.8 Å². The van der Waals surface area contributed by atoms with Gasteiger partial charge in [-0.1, -0.05) is 37.1 Å². The summed E-state index contributed by atoms with van der Waals surface area (Å²) in [5.41, 5.74) is 1.57. The summed E-state index contributed by atoms with van der Waals surface area (Å²) in [6.45, 7) is 4.04. The summed E-state index contributed by atoms with van der Waals surface area (Å²) in [6.07, 6.45) is 4.06. The fourth-order valence-electron chi connectivity index (χ4n) is 2.52. The topological polar surface area (TPSA) is 38.3 Å². The van der Waals surface area contributed by atoms with E-state index in [-0.39, 0.29) is 6.10 Å². The third kappa shape index (κ3) is 3.63. The summed E-state index contributed by atoms with van der Waals surface area (Å²) in [5.74, 6) is 0.437. The van der Waals surface area contributed by atoms with Crippen LogP contribution in [0.2, 0.25) is 5.02 Å². The summed E-state index contributed by atoms with van der Waals surface area (Å²) in [4.78, 5) is 11.9. The van der Waals surface area contributed by atoms with Gasteiger partial charge in [0.2, 0.25) is 0 Å². The number of hydrogen-bond acceptors (Lipinski definition) is 2. The Morgan fingerprint density at radius 1 is 1.37 bits per heavy atom. The molecule has 0 heterocycles. The molecule has 1 aromatic carbocycles. The largest absolute Gasteiger partial charge is 0.446 e. The third-order valence-corrected chi connectivity index (χ3v) is 4.06. The van der Waals surface area contributed by atoms with Gasteiger partial charge < -0.3 is 4.74 Å². The van der Waals surface area contributed by atoms with E-state index in [4.69, 9.17) is 16.3 Å². The standard InChI is InChI=1S/C15H20ClNO2/c1-10-6-3-4-9-13(10)19-15(18)17-14-11(2)7-5-8-12(14)16/h5,7-8,10,13H,3-4,6,9H2,1-2H3,(H,17,18)/t10-,13+/m1/s1. The average Bonchev–Trinajstić information content (AvgIpc) is 2.37. The minimum absolute atomic E-state index is 0.0246. The van der Waals surface area contributed by atoms with Crippen LogP contribution in [0.1, 0.15) is 38.2 Å². The number of rotatable bonds is 2. The molecule has 4 heteroatoms. The van der Waals surface area contributed by atoms with Crippen LogP contribution in [0.4, 0.5) is 10.5 Å². The summed E-state index contributed by atoms with van der Waals surface area (Å²) in [5, 5.41) is 3.29. The lowest BCUT2D eigenvalue weighted by atomic mass is 9.88. The zero-order chi connectivity index (χ0) is 13.8. The molecule has 1 aromatic rings. The van der Waals surface area contributed by atoms with Crippen molar-refractivity contribution in [2.75, 3.05) is 5.32 Å². The number of benzene rings is 1. The van der Waals surface area contributed by atoms with Gasteiger partial charge in [-0.25, -0.2) is 4.79 Å². The van der Waals surface area contributed by atoms with Gasteiger partial charge in [-0.05, 0) is 43.7 Å². The third-order valence-electron chi connectivity index (χ3n) is 3.74. The van der Waals surface area contributed by atoms with Gasteiger partial charge in [0, 0.05) is 0 Å². The molecule has 1 N–H and O–H groups in total. The summed E-state index contributed by atoms with van der Waals surface area (Å²) in [6, 6.07) is 5.52. The van der Waals surface area contributed by atoms with E-state index in [1.54, 1.807) is 6.07 Å². The van der Waals surface area contributed by atoms with E-state index in [1.807, 2.05) is 19.1 Å². The molecule has 19 heavy (non-hydrogen) atoms. The van der Waals surface area contributed by atoms with Gasteiger partial charge in [0.25, 0.3) is 0 Å². The van der Waals surface area contributed by atoms with Crippen molar-refractivity contribution in [3.8, 4) is 0 Å². The summed E-state index contributed by atoms with van der Waals surface area (Å²) in [7, 11) is 0. The predicted octanol–water partition coefficient (Wildman–Crippen LogP) is 4.78. The number of hydrogen-bond donors (Lipinski definition) is 1. The maximum Gasteiger partial charge on any atom is 0.411 e. The Bertz CT molecular complexity index is 441. The molecular weight excluding hydrogens is 262 g/mol. The number of aryl methyl sites for hydroxylation is 1. The molecule has 1 amide bonds. The van der Waals surface area contributed by atoms with Gasteiger partial charge in [-0.2, -0.15) is 0 Å². The van der Waals surface area contributed by atoms with E-state index >= 15 is 0 Å². The molecule has 2 rings (SSSR count). The van der Waals surface area contributed by atoms with E-state index in [9.17, 15) is 4.79 Å². The molecule has 1 aliphatic rings. The highest BCUT2D eigenvalue weighted by molar-refractivity contribution is 6.33. The van der Waals surface area contributed by atoms with Gasteiger partial charge in [-0.3, -0.25) is 5.32 Å². The number of ether oxygens (including phenoxy) is 1.